The average molecular weight is 448 g/mol. The topological polar surface area (TPSA) is 52.3 Å². The van der Waals surface area contributed by atoms with Gasteiger partial charge in [0.05, 0.1) is 7.11 Å². The van der Waals surface area contributed by atoms with Gasteiger partial charge >= 0.3 is 5.63 Å². The Morgan fingerprint density at radius 3 is 2.15 bits per heavy atom. The summed E-state index contributed by atoms with van der Waals surface area (Å²) in [5.74, 6) is 0.702. The number of fused-ring (bicyclic) bond motifs is 1. The summed E-state index contributed by atoms with van der Waals surface area (Å²) in [7, 11) is 1.64. The van der Waals surface area contributed by atoms with Crippen LogP contribution in [0, 0.1) is 20.8 Å². The van der Waals surface area contributed by atoms with E-state index in [1.165, 1.54) is 16.7 Å². The highest BCUT2D eigenvalue weighted by molar-refractivity contribution is 5.97. The van der Waals surface area contributed by atoms with Crippen LogP contribution in [0.5, 0.6) is 5.75 Å². The molecule has 1 heterocycles. The number of benzene rings is 4. The van der Waals surface area contributed by atoms with Gasteiger partial charge in [-0.15, -0.1) is 0 Å². The van der Waals surface area contributed by atoms with Crippen LogP contribution in [-0.4, -0.2) is 12.1 Å². The first kappa shape index (κ1) is 21.7. The molecule has 0 aliphatic rings. The Kier molecular flexibility index (Phi) is 5.50. The number of aryl methyl sites for hydroxylation is 3. The molecular weight excluding hydrogens is 422 g/mol. The molecule has 0 aliphatic carbocycles. The average Bonchev–Trinajstić information content (AvgIpc) is 2.83. The second-order valence-electron chi connectivity index (χ2n) is 8.56. The van der Waals surface area contributed by atoms with E-state index in [0.717, 1.165) is 27.8 Å². The third-order valence-corrected chi connectivity index (χ3v) is 6.10. The molecule has 0 saturated carbocycles. The van der Waals surface area contributed by atoms with Crippen molar-refractivity contribution in [2.24, 2.45) is 0 Å². The molecule has 0 N–H and O–H groups in total. The molecule has 168 valence electrons. The fraction of sp³-hybridized carbons (Fsp3) is 0.133. The third kappa shape index (κ3) is 3.77. The molecule has 5 aromatic rings. The maximum atomic E-state index is 13.0. The highest BCUT2D eigenvalue weighted by Gasteiger charge is 2.19. The molecule has 0 aliphatic heterocycles. The standard InChI is InChI=1S/C30H25NO3/c1-18-14-19(2)27(20(3)15-18)22-16-24(23-12-8-9-13-26(23)33-4)29-25(17-22)31-28(30(32)34-29)21-10-6-5-7-11-21/h5-17H,1-4H3. The fourth-order valence-corrected chi connectivity index (χ4v) is 4.74. The zero-order valence-corrected chi connectivity index (χ0v) is 19.7. The van der Waals surface area contributed by atoms with Crippen LogP contribution in [-0.2, 0) is 0 Å². The van der Waals surface area contributed by atoms with Crippen molar-refractivity contribution in [1.82, 2.24) is 4.98 Å². The lowest BCUT2D eigenvalue weighted by atomic mass is 9.91. The van der Waals surface area contributed by atoms with Crippen LogP contribution in [0.4, 0.5) is 0 Å². The van der Waals surface area contributed by atoms with Crippen molar-refractivity contribution in [2.75, 3.05) is 7.11 Å². The van der Waals surface area contributed by atoms with Crippen molar-refractivity contribution in [2.45, 2.75) is 20.8 Å². The molecule has 5 rings (SSSR count). The SMILES string of the molecule is COc1ccccc1-c1cc(-c2c(C)cc(C)cc2C)cc2nc(-c3ccccc3)c(=O)oc12. The van der Waals surface area contributed by atoms with Crippen LogP contribution in [0.25, 0.3) is 44.6 Å². The van der Waals surface area contributed by atoms with Gasteiger partial charge in [0.25, 0.3) is 0 Å². The molecular formula is C30H25NO3. The van der Waals surface area contributed by atoms with Gasteiger partial charge in [0.2, 0.25) is 0 Å². The highest BCUT2D eigenvalue weighted by Crippen LogP contribution is 2.39. The van der Waals surface area contributed by atoms with Gasteiger partial charge in [-0.2, -0.15) is 0 Å². The van der Waals surface area contributed by atoms with Crippen LogP contribution in [0.15, 0.2) is 88.1 Å². The van der Waals surface area contributed by atoms with Crippen LogP contribution in [0.1, 0.15) is 16.7 Å². The summed E-state index contributed by atoms with van der Waals surface area (Å²) in [5, 5.41) is 0. The minimum absolute atomic E-state index is 0.300. The Hall–Kier alpha value is -4.18. The molecule has 0 amide bonds. The number of rotatable bonds is 4. The molecule has 0 fully saturated rings. The minimum Gasteiger partial charge on any atom is -0.496 e. The van der Waals surface area contributed by atoms with E-state index in [1.54, 1.807) is 7.11 Å². The van der Waals surface area contributed by atoms with E-state index in [-0.39, 0.29) is 0 Å². The van der Waals surface area contributed by atoms with Gasteiger partial charge in [0, 0.05) is 16.7 Å². The molecule has 1 aromatic heterocycles. The second kappa shape index (κ2) is 8.64. The zero-order chi connectivity index (χ0) is 23.8. The molecule has 0 unspecified atom stereocenters. The first-order chi connectivity index (χ1) is 16.5. The van der Waals surface area contributed by atoms with Gasteiger partial charge in [-0.25, -0.2) is 9.78 Å². The molecule has 0 radical (unpaired) electrons. The van der Waals surface area contributed by atoms with Crippen LogP contribution >= 0.6 is 0 Å². The number of hydrogen-bond acceptors (Lipinski definition) is 4. The minimum atomic E-state index is -0.467. The van der Waals surface area contributed by atoms with Crippen LogP contribution in [0.2, 0.25) is 0 Å². The summed E-state index contributed by atoms with van der Waals surface area (Å²) < 4.78 is 11.6. The predicted octanol–water partition coefficient (Wildman–Crippen LogP) is 7.12. The van der Waals surface area contributed by atoms with E-state index in [4.69, 9.17) is 14.1 Å². The maximum absolute atomic E-state index is 13.0. The lowest BCUT2D eigenvalue weighted by molar-refractivity contribution is 0.416. The first-order valence-electron chi connectivity index (χ1n) is 11.2. The molecule has 0 spiro atoms. The molecule has 0 saturated heterocycles. The second-order valence-corrected chi connectivity index (χ2v) is 8.56. The van der Waals surface area contributed by atoms with Gasteiger partial charge in [-0.05, 0) is 61.2 Å². The molecule has 4 nitrogen and oxygen atoms in total. The monoisotopic (exact) mass is 447 g/mol. The predicted molar refractivity (Wildman–Crippen MR) is 137 cm³/mol. The lowest BCUT2D eigenvalue weighted by Gasteiger charge is -2.16. The molecule has 4 aromatic carbocycles. The van der Waals surface area contributed by atoms with E-state index in [9.17, 15) is 4.79 Å². The zero-order valence-electron chi connectivity index (χ0n) is 19.7. The summed E-state index contributed by atoms with van der Waals surface area (Å²) in [5.41, 5.74) is 9.00. The number of para-hydroxylation sites is 1. The number of ether oxygens (including phenoxy) is 1. The third-order valence-electron chi connectivity index (χ3n) is 6.10. The molecule has 0 atom stereocenters. The number of methoxy groups -OCH3 is 1. The Bertz CT molecular complexity index is 1560. The summed E-state index contributed by atoms with van der Waals surface area (Å²) in [6, 6.07) is 25.6. The smallest absolute Gasteiger partial charge is 0.363 e. The quantitative estimate of drug-likeness (QED) is 0.294. The van der Waals surface area contributed by atoms with E-state index in [1.807, 2.05) is 60.7 Å². The number of nitrogens with zero attached hydrogens (tertiary/aromatic N) is 1. The van der Waals surface area contributed by atoms with Crippen molar-refractivity contribution in [3.05, 3.63) is 106 Å². The normalized spacial score (nSPS) is 11.1. The van der Waals surface area contributed by atoms with E-state index < -0.39 is 5.63 Å². The highest BCUT2D eigenvalue weighted by atomic mass is 16.5. The Labute approximate surface area is 198 Å². The van der Waals surface area contributed by atoms with Crippen LogP contribution < -0.4 is 10.4 Å². The number of hydrogen-bond donors (Lipinski definition) is 0. The van der Waals surface area contributed by atoms with Crippen molar-refractivity contribution in [1.29, 1.82) is 0 Å². The first-order valence-corrected chi connectivity index (χ1v) is 11.2. The van der Waals surface area contributed by atoms with E-state index in [0.29, 0.717) is 22.5 Å². The van der Waals surface area contributed by atoms with Gasteiger partial charge in [0.15, 0.2) is 11.3 Å². The summed E-state index contributed by atoms with van der Waals surface area (Å²) in [4.78, 5) is 17.8. The van der Waals surface area contributed by atoms with E-state index in [2.05, 4.69) is 39.0 Å². The fourth-order valence-electron chi connectivity index (χ4n) is 4.74. The van der Waals surface area contributed by atoms with E-state index >= 15 is 0 Å². The molecule has 4 heteroatoms. The lowest BCUT2D eigenvalue weighted by Crippen LogP contribution is -2.07. The molecule has 0 bridgehead atoms. The van der Waals surface area contributed by atoms with Gasteiger partial charge in [-0.1, -0.05) is 66.2 Å². The van der Waals surface area contributed by atoms with Crippen molar-refractivity contribution in [3.63, 3.8) is 0 Å². The van der Waals surface area contributed by atoms with Crippen molar-refractivity contribution >= 4 is 11.1 Å². The Morgan fingerprint density at radius 2 is 1.44 bits per heavy atom. The van der Waals surface area contributed by atoms with Gasteiger partial charge in [0.1, 0.15) is 11.3 Å². The Balaban J connectivity index is 1.88. The molecule has 34 heavy (non-hydrogen) atoms. The van der Waals surface area contributed by atoms with Crippen molar-refractivity contribution < 1.29 is 9.15 Å². The van der Waals surface area contributed by atoms with Gasteiger partial charge < -0.3 is 9.15 Å². The maximum Gasteiger partial charge on any atom is 0.363 e. The van der Waals surface area contributed by atoms with Gasteiger partial charge in [-0.3, -0.25) is 0 Å². The number of aromatic nitrogens is 1. The summed E-state index contributed by atoms with van der Waals surface area (Å²) in [6.45, 7) is 6.35. The summed E-state index contributed by atoms with van der Waals surface area (Å²) >= 11 is 0. The Morgan fingerprint density at radius 1 is 0.765 bits per heavy atom. The largest absolute Gasteiger partial charge is 0.496 e. The van der Waals surface area contributed by atoms with Crippen molar-refractivity contribution in [3.8, 4) is 39.3 Å². The summed E-state index contributed by atoms with van der Waals surface area (Å²) in [6.07, 6.45) is 0. The van der Waals surface area contributed by atoms with Crippen LogP contribution in [0.3, 0.4) is 0 Å².